The zero-order valence-electron chi connectivity index (χ0n) is 18.0. The van der Waals surface area contributed by atoms with E-state index in [2.05, 4.69) is 23.3 Å². The number of rotatable bonds is 7. The third kappa shape index (κ3) is 3.27. The number of nitrogens with zero attached hydrogens (tertiary/aromatic N) is 6. The molecule has 3 heterocycles. The summed E-state index contributed by atoms with van der Waals surface area (Å²) in [6, 6.07) is 9.54. The van der Waals surface area contributed by atoms with Crippen LogP contribution in [-0.4, -0.2) is 47.6 Å². The maximum Gasteiger partial charge on any atom is 0.332 e. The predicted octanol–water partition coefficient (Wildman–Crippen LogP) is 1.85. The van der Waals surface area contributed by atoms with E-state index >= 15 is 0 Å². The topological polar surface area (TPSA) is 69.5 Å². The molecule has 0 spiro atoms. The number of benzene rings is 1. The molecule has 0 unspecified atom stereocenters. The Hall–Kier alpha value is -3.13. The second kappa shape index (κ2) is 7.95. The third-order valence-corrected chi connectivity index (χ3v) is 5.86. The van der Waals surface area contributed by atoms with Crippen molar-refractivity contribution in [2.24, 2.45) is 7.05 Å². The van der Waals surface area contributed by atoms with Gasteiger partial charge in [-0.05, 0) is 25.6 Å². The molecular formula is C22H28N6O2. The molecule has 0 aliphatic rings. The summed E-state index contributed by atoms with van der Waals surface area (Å²) < 4.78 is 6.70. The number of fused-ring (bicyclic) bond motifs is 3. The van der Waals surface area contributed by atoms with E-state index in [1.807, 2.05) is 47.9 Å². The summed E-state index contributed by atoms with van der Waals surface area (Å²) in [4.78, 5) is 33.3. The molecule has 0 saturated carbocycles. The minimum atomic E-state index is -0.358. The molecule has 0 amide bonds. The van der Waals surface area contributed by atoms with E-state index in [0.717, 1.165) is 37.4 Å². The molecule has 3 aromatic heterocycles. The van der Waals surface area contributed by atoms with Crippen LogP contribution in [0.4, 0.5) is 0 Å². The van der Waals surface area contributed by atoms with E-state index in [1.54, 1.807) is 7.05 Å². The summed E-state index contributed by atoms with van der Waals surface area (Å²) in [6.45, 7) is 10.2. The van der Waals surface area contributed by atoms with Crippen molar-refractivity contribution in [2.75, 3.05) is 19.6 Å². The molecule has 8 nitrogen and oxygen atoms in total. The zero-order valence-corrected chi connectivity index (χ0v) is 18.0. The first-order valence-electron chi connectivity index (χ1n) is 10.4. The van der Waals surface area contributed by atoms with Crippen molar-refractivity contribution < 1.29 is 0 Å². The summed E-state index contributed by atoms with van der Waals surface area (Å²) in [5.41, 5.74) is 2.13. The Labute approximate surface area is 174 Å². The Morgan fingerprint density at radius 1 is 1.03 bits per heavy atom. The van der Waals surface area contributed by atoms with Crippen molar-refractivity contribution in [3.05, 3.63) is 68.6 Å². The third-order valence-electron chi connectivity index (χ3n) is 5.86. The quantitative estimate of drug-likeness (QED) is 0.468. The Kier molecular flexibility index (Phi) is 5.34. The first kappa shape index (κ1) is 20.2. The van der Waals surface area contributed by atoms with Crippen LogP contribution in [0, 0.1) is 6.92 Å². The highest BCUT2D eigenvalue weighted by Gasteiger charge is 2.20. The van der Waals surface area contributed by atoms with E-state index < -0.39 is 0 Å². The molecule has 8 heteroatoms. The van der Waals surface area contributed by atoms with Crippen LogP contribution < -0.4 is 11.2 Å². The lowest BCUT2D eigenvalue weighted by Gasteiger charge is -2.18. The van der Waals surface area contributed by atoms with Crippen molar-refractivity contribution in [2.45, 2.75) is 33.9 Å². The zero-order chi connectivity index (χ0) is 21.4. The number of aryl methyl sites for hydroxylation is 2. The van der Waals surface area contributed by atoms with Gasteiger partial charge in [0.15, 0.2) is 11.2 Å². The van der Waals surface area contributed by atoms with Gasteiger partial charge in [0.05, 0.1) is 6.54 Å². The molecule has 158 valence electrons. The monoisotopic (exact) mass is 408 g/mol. The van der Waals surface area contributed by atoms with Crippen LogP contribution >= 0.6 is 0 Å². The highest BCUT2D eigenvalue weighted by atomic mass is 16.2. The molecular weight excluding hydrogens is 380 g/mol. The van der Waals surface area contributed by atoms with Crippen LogP contribution in [0.1, 0.15) is 25.1 Å². The van der Waals surface area contributed by atoms with Gasteiger partial charge in [-0.2, -0.15) is 4.98 Å². The second-order valence-electron chi connectivity index (χ2n) is 7.62. The molecule has 0 atom stereocenters. The van der Waals surface area contributed by atoms with Gasteiger partial charge in [0, 0.05) is 32.0 Å². The molecule has 30 heavy (non-hydrogen) atoms. The molecule has 0 saturated heterocycles. The normalized spacial score (nSPS) is 11.9. The van der Waals surface area contributed by atoms with Gasteiger partial charge in [0.25, 0.3) is 5.56 Å². The molecule has 0 fully saturated rings. The SMILES string of the molecule is CCN(CC)CCn1c(C)cn2c3c(=O)n(Cc4ccccc4)c(=O)n(C)c3nc12. The smallest absolute Gasteiger partial charge is 0.313 e. The lowest BCUT2D eigenvalue weighted by Crippen LogP contribution is -2.39. The lowest BCUT2D eigenvalue weighted by molar-refractivity contribution is 0.291. The van der Waals surface area contributed by atoms with Crippen molar-refractivity contribution in [1.29, 1.82) is 0 Å². The Bertz CT molecular complexity index is 1310. The fourth-order valence-electron chi connectivity index (χ4n) is 4.02. The van der Waals surface area contributed by atoms with Gasteiger partial charge in [0.2, 0.25) is 5.78 Å². The molecule has 0 aliphatic heterocycles. The van der Waals surface area contributed by atoms with Crippen LogP contribution in [0.5, 0.6) is 0 Å². The van der Waals surface area contributed by atoms with Crippen LogP contribution in [-0.2, 0) is 20.1 Å². The summed E-state index contributed by atoms with van der Waals surface area (Å²) in [7, 11) is 1.67. The number of likely N-dealkylation sites (N-methyl/N-ethyl adjacent to an activating group) is 1. The van der Waals surface area contributed by atoms with Gasteiger partial charge in [-0.25, -0.2) is 4.79 Å². The van der Waals surface area contributed by atoms with Gasteiger partial charge in [0.1, 0.15) is 0 Å². The highest BCUT2D eigenvalue weighted by Crippen LogP contribution is 2.16. The largest absolute Gasteiger partial charge is 0.332 e. The number of aromatic nitrogens is 5. The van der Waals surface area contributed by atoms with E-state index in [1.165, 1.54) is 9.13 Å². The van der Waals surface area contributed by atoms with Crippen molar-refractivity contribution >= 4 is 16.9 Å². The number of imidazole rings is 2. The average Bonchev–Trinajstić information content (AvgIpc) is 3.26. The van der Waals surface area contributed by atoms with Crippen molar-refractivity contribution in [3.8, 4) is 0 Å². The van der Waals surface area contributed by atoms with Gasteiger partial charge < -0.3 is 9.47 Å². The minimum Gasteiger partial charge on any atom is -0.313 e. The van der Waals surface area contributed by atoms with Gasteiger partial charge >= 0.3 is 5.69 Å². The summed E-state index contributed by atoms with van der Waals surface area (Å²) in [6.07, 6.45) is 1.94. The van der Waals surface area contributed by atoms with Crippen LogP contribution in [0.15, 0.2) is 46.1 Å². The summed E-state index contributed by atoms with van der Waals surface area (Å²) >= 11 is 0. The molecule has 0 aliphatic carbocycles. The van der Waals surface area contributed by atoms with Gasteiger partial charge in [-0.3, -0.25) is 18.3 Å². The van der Waals surface area contributed by atoms with Crippen molar-refractivity contribution in [1.82, 2.24) is 28.0 Å². The number of hydrogen-bond donors (Lipinski definition) is 0. The first-order chi connectivity index (χ1) is 14.5. The van der Waals surface area contributed by atoms with Gasteiger partial charge in [-0.1, -0.05) is 44.2 Å². The molecule has 4 rings (SSSR count). The Morgan fingerprint density at radius 2 is 1.73 bits per heavy atom. The maximum absolute atomic E-state index is 13.3. The predicted molar refractivity (Wildman–Crippen MR) is 118 cm³/mol. The lowest BCUT2D eigenvalue weighted by atomic mass is 10.2. The second-order valence-corrected chi connectivity index (χ2v) is 7.62. The van der Waals surface area contributed by atoms with E-state index in [9.17, 15) is 9.59 Å². The van der Waals surface area contributed by atoms with E-state index in [4.69, 9.17) is 4.98 Å². The fraction of sp³-hybridized carbons (Fsp3) is 0.409. The Balaban J connectivity index is 1.87. The van der Waals surface area contributed by atoms with Crippen LogP contribution in [0.2, 0.25) is 0 Å². The first-order valence-corrected chi connectivity index (χ1v) is 10.4. The maximum atomic E-state index is 13.3. The number of hydrogen-bond acceptors (Lipinski definition) is 4. The van der Waals surface area contributed by atoms with Crippen LogP contribution in [0.3, 0.4) is 0 Å². The summed E-state index contributed by atoms with van der Waals surface area (Å²) in [5.74, 6) is 0.694. The Morgan fingerprint density at radius 3 is 2.40 bits per heavy atom. The minimum absolute atomic E-state index is 0.233. The highest BCUT2D eigenvalue weighted by molar-refractivity contribution is 5.75. The standard InChI is InChI=1S/C22H28N6O2/c1-5-25(6-2)12-13-26-16(3)14-27-18-19(23-21(26)27)24(4)22(30)28(20(18)29)15-17-10-8-7-9-11-17/h7-11,14H,5-6,12-13,15H2,1-4H3. The average molecular weight is 409 g/mol. The molecule has 1 aromatic carbocycles. The molecule has 0 radical (unpaired) electrons. The molecule has 4 aromatic rings. The molecule has 0 bridgehead atoms. The van der Waals surface area contributed by atoms with Crippen molar-refractivity contribution in [3.63, 3.8) is 0 Å². The van der Waals surface area contributed by atoms with Gasteiger partial charge in [-0.15, -0.1) is 0 Å². The van der Waals surface area contributed by atoms with E-state index in [0.29, 0.717) is 16.9 Å². The van der Waals surface area contributed by atoms with E-state index in [-0.39, 0.29) is 17.8 Å². The van der Waals surface area contributed by atoms with Crippen LogP contribution in [0.25, 0.3) is 16.9 Å². The summed E-state index contributed by atoms with van der Waals surface area (Å²) in [5, 5.41) is 0. The fourth-order valence-corrected chi connectivity index (χ4v) is 4.02. The molecule has 0 N–H and O–H groups in total.